The summed E-state index contributed by atoms with van der Waals surface area (Å²) in [5.74, 6) is 0.414. The van der Waals surface area contributed by atoms with Crippen molar-refractivity contribution in [3.63, 3.8) is 0 Å². The van der Waals surface area contributed by atoms with Gasteiger partial charge in [-0.15, -0.1) is 0 Å². The van der Waals surface area contributed by atoms with Gasteiger partial charge in [-0.2, -0.15) is 5.26 Å². The first kappa shape index (κ1) is 12.4. The number of nitrogens with zero attached hydrogens (tertiary/aromatic N) is 3. The van der Waals surface area contributed by atoms with E-state index in [-0.39, 0.29) is 6.10 Å². The van der Waals surface area contributed by atoms with E-state index in [1.54, 1.807) is 20.3 Å². The van der Waals surface area contributed by atoms with Crippen LogP contribution in [0.1, 0.15) is 5.69 Å². The Kier molecular flexibility index (Phi) is 5.19. The minimum atomic E-state index is -0.0701. The standard InChI is InChI=1S/C10H14N4O2/c1-15-7-9(16-2)6-13-10-12-4-3-8(5-11)14-10/h3-4,9H,6-7H2,1-2H3,(H,12,13,14). The maximum atomic E-state index is 8.66. The summed E-state index contributed by atoms with van der Waals surface area (Å²) in [4.78, 5) is 7.96. The number of ether oxygens (including phenoxy) is 2. The Hall–Kier alpha value is -1.71. The molecule has 0 saturated carbocycles. The Morgan fingerprint density at radius 1 is 1.56 bits per heavy atom. The molecule has 0 spiro atoms. The second kappa shape index (κ2) is 6.71. The van der Waals surface area contributed by atoms with Crippen molar-refractivity contribution in [3.05, 3.63) is 18.0 Å². The van der Waals surface area contributed by atoms with Gasteiger partial charge in [0.25, 0.3) is 0 Å². The number of methoxy groups -OCH3 is 2. The molecule has 16 heavy (non-hydrogen) atoms. The highest BCUT2D eigenvalue weighted by Gasteiger charge is 2.07. The predicted molar refractivity (Wildman–Crippen MR) is 57.9 cm³/mol. The van der Waals surface area contributed by atoms with Gasteiger partial charge in [-0.1, -0.05) is 0 Å². The van der Waals surface area contributed by atoms with Crippen molar-refractivity contribution < 1.29 is 9.47 Å². The fourth-order valence-electron chi connectivity index (χ4n) is 1.11. The first-order chi connectivity index (χ1) is 7.80. The molecule has 1 rings (SSSR count). The van der Waals surface area contributed by atoms with Crippen molar-refractivity contribution in [2.75, 3.05) is 32.7 Å². The van der Waals surface area contributed by atoms with E-state index < -0.39 is 0 Å². The summed E-state index contributed by atoms with van der Waals surface area (Å²) in [5.41, 5.74) is 0.332. The van der Waals surface area contributed by atoms with E-state index in [4.69, 9.17) is 14.7 Å². The molecule has 0 aromatic carbocycles. The summed E-state index contributed by atoms with van der Waals surface area (Å²) in [5, 5.41) is 11.6. The molecule has 0 radical (unpaired) electrons. The van der Waals surface area contributed by atoms with Crippen molar-refractivity contribution in [1.82, 2.24) is 9.97 Å². The van der Waals surface area contributed by atoms with Gasteiger partial charge >= 0.3 is 0 Å². The fourth-order valence-corrected chi connectivity index (χ4v) is 1.11. The highest BCUT2D eigenvalue weighted by Crippen LogP contribution is 2.00. The molecular formula is C10H14N4O2. The Morgan fingerprint density at radius 3 is 3.00 bits per heavy atom. The largest absolute Gasteiger partial charge is 0.382 e. The van der Waals surface area contributed by atoms with Crippen LogP contribution < -0.4 is 5.32 Å². The predicted octanol–water partition coefficient (Wildman–Crippen LogP) is 0.422. The maximum Gasteiger partial charge on any atom is 0.223 e. The highest BCUT2D eigenvalue weighted by atomic mass is 16.5. The minimum Gasteiger partial charge on any atom is -0.382 e. The Labute approximate surface area is 94.2 Å². The molecule has 0 aliphatic carbocycles. The number of aromatic nitrogens is 2. The van der Waals surface area contributed by atoms with Gasteiger partial charge in [0.15, 0.2) is 0 Å². The Balaban J connectivity index is 2.50. The summed E-state index contributed by atoms with van der Waals surface area (Å²) in [7, 11) is 3.22. The molecule has 1 atom stereocenters. The van der Waals surface area contributed by atoms with E-state index in [2.05, 4.69) is 15.3 Å². The van der Waals surface area contributed by atoms with Crippen LogP contribution in [0.2, 0.25) is 0 Å². The molecular weight excluding hydrogens is 208 g/mol. The van der Waals surface area contributed by atoms with E-state index in [0.29, 0.717) is 24.8 Å². The number of rotatable bonds is 6. The zero-order valence-corrected chi connectivity index (χ0v) is 9.30. The third-order valence-electron chi connectivity index (χ3n) is 1.94. The van der Waals surface area contributed by atoms with E-state index >= 15 is 0 Å². The van der Waals surface area contributed by atoms with Crippen LogP contribution in [-0.2, 0) is 9.47 Å². The molecule has 1 heterocycles. The number of nitrogens with one attached hydrogen (secondary N) is 1. The topological polar surface area (TPSA) is 80.1 Å². The van der Waals surface area contributed by atoms with Crippen LogP contribution in [0, 0.1) is 11.3 Å². The van der Waals surface area contributed by atoms with E-state index in [0.717, 1.165) is 0 Å². The van der Waals surface area contributed by atoms with Crippen LogP contribution in [0.4, 0.5) is 5.95 Å². The van der Waals surface area contributed by atoms with Crippen molar-refractivity contribution in [2.24, 2.45) is 0 Å². The van der Waals surface area contributed by atoms with Crippen LogP contribution in [0.15, 0.2) is 12.3 Å². The molecule has 0 saturated heterocycles. The monoisotopic (exact) mass is 222 g/mol. The van der Waals surface area contributed by atoms with Gasteiger partial charge in [0.05, 0.1) is 12.7 Å². The number of nitriles is 1. The molecule has 0 fully saturated rings. The lowest BCUT2D eigenvalue weighted by Crippen LogP contribution is -2.27. The first-order valence-electron chi connectivity index (χ1n) is 4.79. The summed E-state index contributed by atoms with van der Waals surface area (Å²) in [6, 6.07) is 3.50. The van der Waals surface area contributed by atoms with Gasteiger partial charge < -0.3 is 14.8 Å². The van der Waals surface area contributed by atoms with Gasteiger partial charge in [0, 0.05) is 27.0 Å². The molecule has 6 heteroatoms. The molecule has 0 aliphatic rings. The minimum absolute atomic E-state index is 0.0701. The Bertz CT molecular complexity index is 364. The van der Waals surface area contributed by atoms with Crippen molar-refractivity contribution in [3.8, 4) is 6.07 Å². The van der Waals surface area contributed by atoms with Gasteiger partial charge in [0.2, 0.25) is 5.95 Å². The second-order valence-electron chi connectivity index (χ2n) is 3.07. The molecule has 0 amide bonds. The van der Waals surface area contributed by atoms with Crippen LogP contribution in [0.5, 0.6) is 0 Å². The number of anilines is 1. The third-order valence-corrected chi connectivity index (χ3v) is 1.94. The molecule has 1 unspecified atom stereocenters. The molecule has 1 aromatic heterocycles. The lowest BCUT2D eigenvalue weighted by atomic mass is 10.4. The van der Waals surface area contributed by atoms with E-state index in [9.17, 15) is 0 Å². The normalized spacial score (nSPS) is 11.8. The highest BCUT2D eigenvalue weighted by molar-refractivity contribution is 5.29. The van der Waals surface area contributed by atoms with Crippen molar-refractivity contribution >= 4 is 5.95 Å². The summed E-state index contributed by atoms with van der Waals surface area (Å²) >= 11 is 0. The van der Waals surface area contributed by atoms with Crippen LogP contribution in [0.3, 0.4) is 0 Å². The van der Waals surface area contributed by atoms with E-state index in [1.807, 2.05) is 6.07 Å². The fraction of sp³-hybridized carbons (Fsp3) is 0.500. The third kappa shape index (κ3) is 3.81. The van der Waals surface area contributed by atoms with Crippen LogP contribution in [0.25, 0.3) is 0 Å². The molecule has 86 valence electrons. The molecule has 6 nitrogen and oxygen atoms in total. The summed E-state index contributed by atoms with van der Waals surface area (Å²) < 4.78 is 10.1. The first-order valence-corrected chi connectivity index (χ1v) is 4.79. The number of hydrogen-bond donors (Lipinski definition) is 1. The zero-order valence-electron chi connectivity index (χ0n) is 9.30. The quantitative estimate of drug-likeness (QED) is 0.751. The molecule has 1 aromatic rings. The van der Waals surface area contributed by atoms with Crippen molar-refractivity contribution in [1.29, 1.82) is 5.26 Å². The lowest BCUT2D eigenvalue weighted by Gasteiger charge is -2.14. The SMILES string of the molecule is COCC(CNc1nccc(C#N)n1)OC. The average molecular weight is 222 g/mol. The second-order valence-corrected chi connectivity index (χ2v) is 3.07. The van der Waals surface area contributed by atoms with E-state index in [1.165, 1.54) is 6.20 Å². The Morgan fingerprint density at radius 2 is 2.38 bits per heavy atom. The number of hydrogen-bond acceptors (Lipinski definition) is 6. The van der Waals surface area contributed by atoms with Gasteiger partial charge in [-0.25, -0.2) is 9.97 Å². The summed E-state index contributed by atoms with van der Waals surface area (Å²) in [6.45, 7) is 1.01. The van der Waals surface area contributed by atoms with Crippen LogP contribution >= 0.6 is 0 Å². The average Bonchev–Trinajstić information content (AvgIpc) is 2.34. The molecule has 1 N–H and O–H groups in total. The zero-order chi connectivity index (χ0) is 11.8. The van der Waals surface area contributed by atoms with Gasteiger partial charge in [-0.05, 0) is 6.07 Å². The molecule has 0 bridgehead atoms. The van der Waals surface area contributed by atoms with Gasteiger partial charge in [0.1, 0.15) is 11.8 Å². The molecule has 0 aliphatic heterocycles. The van der Waals surface area contributed by atoms with Crippen molar-refractivity contribution in [2.45, 2.75) is 6.10 Å². The van der Waals surface area contributed by atoms with Crippen LogP contribution in [-0.4, -0.2) is 43.4 Å². The smallest absolute Gasteiger partial charge is 0.223 e. The van der Waals surface area contributed by atoms with Gasteiger partial charge in [-0.3, -0.25) is 0 Å². The summed E-state index contributed by atoms with van der Waals surface area (Å²) in [6.07, 6.45) is 1.46. The maximum absolute atomic E-state index is 8.66. The lowest BCUT2D eigenvalue weighted by molar-refractivity contribution is 0.0365.